The van der Waals surface area contributed by atoms with Gasteiger partial charge >= 0.3 is 0 Å². The first-order valence-electron chi connectivity index (χ1n) is 6.58. The molecule has 98 valence electrons. The molecule has 3 heteroatoms. The SMILES string of the molecule is CC(C)CC[C@@H](O)[C@@H](N)c1ccc2cc[nH]c2c1. The van der Waals surface area contributed by atoms with Gasteiger partial charge in [0.2, 0.25) is 0 Å². The lowest BCUT2D eigenvalue weighted by Crippen LogP contribution is -2.26. The summed E-state index contributed by atoms with van der Waals surface area (Å²) in [6.45, 7) is 4.31. The number of nitrogens with two attached hydrogens (primary N) is 1. The number of rotatable bonds is 5. The minimum atomic E-state index is -0.472. The highest BCUT2D eigenvalue weighted by atomic mass is 16.3. The average Bonchev–Trinajstić information content (AvgIpc) is 2.81. The Balaban J connectivity index is 2.09. The fraction of sp³-hybridized carbons (Fsp3) is 0.467. The first kappa shape index (κ1) is 13.1. The maximum Gasteiger partial charge on any atom is 0.0732 e. The van der Waals surface area contributed by atoms with Crippen LogP contribution in [0.4, 0.5) is 0 Å². The van der Waals surface area contributed by atoms with Crippen LogP contribution < -0.4 is 5.73 Å². The molecule has 0 radical (unpaired) electrons. The Kier molecular flexibility index (Phi) is 4.04. The Morgan fingerprint density at radius 3 is 2.72 bits per heavy atom. The van der Waals surface area contributed by atoms with E-state index in [1.165, 1.54) is 5.39 Å². The zero-order chi connectivity index (χ0) is 13.1. The van der Waals surface area contributed by atoms with Gasteiger partial charge in [-0.1, -0.05) is 26.0 Å². The van der Waals surface area contributed by atoms with Gasteiger partial charge in [-0.3, -0.25) is 0 Å². The molecule has 0 spiro atoms. The predicted octanol–water partition coefficient (Wildman–Crippen LogP) is 2.96. The lowest BCUT2D eigenvalue weighted by atomic mass is 9.95. The molecular weight excluding hydrogens is 224 g/mol. The van der Waals surface area contributed by atoms with Gasteiger partial charge < -0.3 is 15.8 Å². The molecular formula is C15H22N2O. The van der Waals surface area contributed by atoms with E-state index in [9.17, 15) is 5.11 Å². The average molecular weight is 246 g/mol. The van der Waals surface area contributed by atoms with Crippen molar-refractivity contribution in [3.05, 3.63) is 36.0 Å². The molecule has 0 aliphatic heterocycles. The quantitative estimate of drug-likeness (QED) is 0.759. The molecule has 0 aliphatic carbocycles. The summed E-state index contributed by atoms with van der Waals surface area (Å²) in [6.07, 6.45) is 3.19. The summed E-state index contributed by atoms with van der Waals surface area (Å²) in [7, 11) is 0. The van der Waals surface area contributed by atoms with Crippen molar-refractivity contribution in [1.29, 1.82) is 0 Å². The first-order chi connectivity index (χ1) is 8.58. The van der Waals surface area contributed by atoms with E-state index in [4.69, 9.17) is 5.73 Å². The number of H-pyrrole nitrogens is 1. The minimum Gasteiger partial charge on any atom is -0.391 e. The fourth-order valence-electron chi connectivity index (χ4n) is 2.18. The van der Waals surface area contributed by atoms with Crippen molar-refractivity contribution in [2.45, 2.75) is 38.8 Å². The highest BCUT2D eigenvalue weighted by molar-refractivity contribution is 5.79. The van der Waals surface area contributed by atoms with Gasteiger partial charge in [0.1, 0.15) is 0 Å². The molecule has 1 aromatic heterocycles. The maximum atomic E-state index is 10.1. The molecule has 4 N–H and O–H groups in total. The van der Waals surface area contributed by atoms with Crippen LogP contribution in [0, 0.1) is 5.92 Å². The molecule has 0 bridgehead atoms. The Bertz CT molecular complexity index is 504. The standard InChI is InChI=1S/C15H22N2O/c1-10(2)3-6-14(18)15(16)12-5-4-11-7-8-17-13(11)9-12/h4-5,7-10,14-15,17-18H,3,6,16H2,1-2H3/t14-,15+/m1/s1. The van der Waals surface area contributed by atoms with Crippen LogP contribution in [0.1, 0.15) is 38.3 Å². The number of benzene rings is 1. The van der Waals surface area contributed by atoms with E-state index < -0.39 is 6.10 Å². The van der Waals surface area contributed by atoms with E-state index in [2.05, 4.69) is 18.8 Å². The van der Waals surface area contributed by atoms with Gasteiger partial charge in [-0.15, -0.1) is 0 Å². The highest BCUT2D eigenvalue weighted by Crippen LogP contribution is 2.22. The number of aliphatic hydroxyl groups is 1. The summed E-state index contributed by atoms with van der Waals surface area (Å²) in [6, 6.07) is 7.78. The van der Waals surface area contributed by atoms with Crippen molar-refractivity contribution >= 4 is 10.9 Å². The van der Waals surface area contributed by atoms with Gasteiger partial charge in [0.15, 0.2) is 0 Å². The molecule has 0 unspecified atom stereocenters. The number of aliphatic hydroxyl groups excluding tert-OH is 1. The Morgan fingerprint density at radius 2 is 2.00 bits per heavy atom. The second kappa shape index (κ2) is 5.55. The number of fused-ring (bicyclic) bond motifs is 1. The number of hydrogen-bond donors (Lipinski definition) is 3. The molecule has 0 aliphatic rings. The van der Waals surface area contributed by atoms with Crippen molar-refractivity contribution in [2.24, 2.45) is 11.7 Å². The van der Waals surface area contributed by atoms with E-state index in [0.717, 1.165) is 23.9 Å². The van der Waals surface area contributed by atoms with Crippen LogP contribution >= 0.6 is 0 Å². The van der Waals surface area contributed by atoms with Crippen LogP contribution in [0.2, 0.25) is 0 Å². The molecule has 0 fully saturated rings. The third-order valence-electron chi connectivity index (χ3n) is 3.42. The van der Waals surface area contributed by atoms with E-state index in [-0.39, 0.29) is 6.04 Å². The van der Waals surface area contributed by atoms with Crippen LogP contribution in [0.3, 0.4) is 0 Å². The Hall–Kier alpha value is -1.32. The molecule has 0 amide bonds. The number of aromatic nitrogens is 1. The monoisotopic (exact) mass is 246 g/mol. The summed E-state index contributed by atoms with van der Waals surface area (Å²) in [5.74, 6) is 0.595. The predicted molar refractivity (Wildman–Crippen MR) is 75.3 cm³/mol. The maximum absolute atomic E-state index is 10.1. The Morgan fingerprint density at radius 1 is 1.22 bits per heavy atom. The van der Waals surface area contributed by atoms with Crippen LogP contribution in [-0.4, -0.2) is 16.2 Å². The van der Waals surface area contributed by atoms with E-state index in [1.54, 1.807) is 0 Å². The zero-order valence-electron chi connectivity index (χ0n) is 11.1. The normalized spacial score (nSPS) is 15.2. The van der Waals surface area contributed by atoms with Gasteiger partial charge in [0, 0.05) is 11.7 Å². The molecule has 1 aromatic carbocycles. The summed E-state index contributed by atoms with van der Waals surface area (Å²) in [5, 5.41) is 11.3. The minimum absolute atomic E-state index is 0.309. The largest absolute Gasteiger partial charge is 0.391 e. The fourth-order valence-corrected chi connectivity index (χ4v) is 2.18. The van der Waals surface area contributed by atoms with Gasteiger partial charge in [-0.05, 0) is 41.8 Å². The topological polar surface area (TPSA) is 62.0 Å². The van der Waals surface area contributed by atoms with Gasteiger partial charge in [-0.2, -0.15) is 0 Å². The van der Waals surface area contributed by atoms with E-state index in [1.807, 2.05) is 30.5 Å². The summed E-state index contributed by atoms with van der Waals surface area (Å²) < 4.78 is 0. The molecule has 2 aromatic rings. The lowest BCUT2D eigenvalue weighted by molar-refractivity contribution is 0.128. The third kappa shape index (κ3) is 2.92. The second-order valence-electron chi connectivity index (χ2n) is 5.39. The van der Waals surface area contributed by atoms with Gasteiger partial charge in [0.25, 0.3) is 0 Å². The van der Waals surface area contributed by atoms with Crippen molar-refractivity contribution in [3.63, 3.8) is 0 Å². The van der Waals surface area contributed by atoms with E-state index in [0.29, 0.717) is 5.92 Å². The molecule has 18 heavy (non-hydrogen) atoms. The molecule has 0 saturated carbocycles. The molecule has 2 atom stereocenters. The van der Waals surface area contributed by atoms with Crippen molar-refractivity contribution < 1.29 is 5.11 Å². The van der Waals surface area contributed by atoms with Crippen LogP contribution in [0.15, 0.2) is 30.5 Å². The van der Waals surface area contributed by atoms with Crippen molar-refractivity contribution in [2.75, 3.05) is 0 Å². The Labute approximate surface area is 108 Å². The van der Waals surface area contributed by atoms with Gasteiger partial charge in [0.05, 0.1) is 12.1 Å². The molecule has 2 rings (SSSR count). The van der Waals surface area contributed by atoms with E-state index >= 15 is 0 Å². The smallest absolute Gasteiger partial charge is 0.0732 e. The molecule has 3 nitrogen and oxygen atoms in total. The lowest BCUT2D eigenvalue weighted by Gasteiger charge is -2.20. The highest BCUT2D eigenvalue weighted by Gasteiger charge is 2.17. The number of nitrogens with one attached hydrogen (secondary N) is 1. The van der Waals surface area contributed by atoms with Crippen LogP contribution in [0.25, 0.3) is 10.9 Å². The molecule has 1 heterocycles. The summed E-state index contributed by atoms with van der Waals surface area (Å²) in [5.41, 5.74) is 8.18. The number of aromatic amines is 1. The molecule has 0 saturated heterocycles. The summed E-state index contributed by atoms with van der Waals surface area (Å²) in [4.78, 5) is 3.17. The zero-order valence-corrected chi connectivity index (χ0v) is 11.1. The van der Waals surface area contributed by atoms with Crippen LogP contribution in [-0.2, 0) is 0 Å². The van der Waals surface area contributed by atoms with Crippen molar-refractivity contribution in [3.8, 4) is 0 Å². The van der Waals surface area contributed by atoms with Gasteiger partial charge in [-0.25, -0.2) is 0 Å². The summed E-state index contributed by atoms with van der Waals surface area (Å²) >= 11 is 0. The van der Waals surface area contributed by atoms with Crippen molar-refractivity contribution in [1.82, 2.24) is 4.98 Å². The third-order valence-corrected chi connectivity index (χ3v) is 3.42. The first-order valence-corrected chi connectivity index (χ1v) is 6.58. The van der Waals surface area contributed by atoms with Crippen LogP contribution in [0.5, 0.6) is 0 Å². The number of hydrogen-bond acceptors (Lipinski definition) is 2. The second-order valence-corrected chi connectivity index (χ2v) is 5.39.